The van der Waals surface area contributed by atoms with Gasteiger partial charge in [-0.15, -0.1) is 0 Å². The Bertz CT molecular complexity index is 645. The number of rotatable bonds is 4. The van der Waals surface area contributed by atoms with Gasteiger partial charge in [-0.25, -0.2) is 0 Å². The van der Waals surface area contributed by atoms with Gasteiger partial charge in [0.25, 0.3) is 5.91 Å². The largest absolute Gasteiger partial charge is 0.395 e. The summed E-state index contributed by atoms with van der Waals surface area (Å²) < 4.78 is 0. The van der Waals surface area contributed by atoms with E-state index in [1.807, 2.05) is 57.1 Å². The van der Waals surface area contributed by atoms with Crippen LogP contribution in [0, 0.1) is 0 Å². The highest BCUT2D eigenvalue weighted by Gasteiger charge is 2.19. The lowest BCUT2D eigenvalue weighted by Crippen LogP contribution is -2.18. The van der Waals surface area contributed by atoms with Gasteiger partial charge >= 0.3 is 0 Å². The first kappa shape index (κ1) is 14.9. The highest BCUT2D eigenvalue weighted by Crippen LogP contribution is 2.26. The number of anilines is 3. The smallest absolute Gasteiger partial charge is 0.278 e. The van der Waals surface area contributed by atoms with E-state index in [1.165, 1.54) is 0 Å². The molecule has 4 N–H and O–H groups in total. The second-order valence-corrected chi connectivity index (χ2v) is 5.42. The van der Waals surface area contributed by atoms with Crippen molar-refractivity contribution in [3.05, 3.63) is 35.7 Å². The SMILES string of the molecule is CC(C)c1[nH]nc(C(=O)Nc2ccccc2N(C)C)c1N. The summed E-state index contributed by atoms with van der Waals surface area (Å²) in [6.45, 7) is 3.99. The average molecular weight is 287 g/mol. The van der Waals surface area contributed by atoms with E-state index in [0.29, 0.717) is 5.69 Å². The van der Waals surface area contributed by atoms with E-state index in [0.717, 1.165) is 17.1 Å². The fourth-order valence-corrected chi connectivity index (χ4v) is 2.13. The second kappa shape index (κ2) is 5.87. The number of para-hydroxylation sites is 2. The standard InChI is InChI=1S/C15H21N5O/c1-9(2)13-12(16)14(19-18-13)15(21)17-10-7-5-6-8-11(10)20(3)4/h5-9H,16H2,1-4H3,(H,17,21)(H,18,19). The average Bonchev–Trinajstić information content (AvgIpc) is 2.81. The lowest BCUT2D eigenvalue weighted by Gasteiger charge is -2.17. The van der Waals surface area contributed by atoms with Gasteiger partial charge in [0.2, 0.25) is 0 Å². The van der Waals surface area contributed by atoms with Crippen molar-refractivity contribution in [3.8, 4) is 0 Å². The number of nitrogens with zero attached hydrogens (tertiary/aromatic N) is 2. The molecule has 0 radical (unpaired) electrons. The molecular weight excluding hydrogens is 266 g/mol. The van der Waals surface area contributed by atoms with Crippen LogP contribution in [0.4, 0.5) is 17.1 Å². The molecule has 6 nitrogen and oxygen atoms in total. The van der Waals surface area contributed by atoms with Crippen LogP contribution in [0.25, 0.3) is 0 Å². The van der Waals surface area contributed by atoms with Crippen molar-refractivity contribution in [3.63, 3.8) is 0 Å². The maximum absolute atomic E-state index is 12.4. The van der Waals surface area contributed by atoms with Crippen molar-refractivity contribution in [1.29, 1.82) is 0 Å². The molecule has 0 aliphatic carbocycles. The van der Waals surface area contributed by atoms with E-state index in [-0.39, 0.29) is 17.5 Å². The van der Waals surface area contributed by atoms with Gasteiger partial charge in [-0.05, 0) is 18.1 Å². The fourth-order valence-electron chi connectivity index (χ4n) is 2.13. The molecule has 1 aromatic carbocycles. The topological polar surface area (TPSA) is 87.0 Å². The molecule has 112 valence electrons. The first-order valence-electron chi connectivity index (χ1n) is 6.83. The van der Waals surface area contributed by atoms with E-state index in [4.69, 9.17) is 5.73 Å². The lowest BCUT2D eigenvalue weighted by molar-refractivity contribution is 0.102. The molecule has 0 fully saturated rings. The van der Waals surface area contributed by atoms with Gasteiger partial charge < -0.3 is 16.0 Å². The summed E-state index contributed by atoms with van der Waals surface area (Å²) in [5.74, 6) is -0.127. The number of aromatic amines is 1. The number of H-pyrrole nitrogens is 1. The molecule has 0 atom stereocenters. The van der Waals surface area contributed by atoms with E-state index in [9.17, 15) is 4.79 Å². The number of carbonyl (C=O) groups is 1. The summed E-state index contributed by atoms with van der Waals surface area (Å²) in [6, 6.07) is 7.57. The van der Waals surface area contributed by atoms with Gasteiger partial charge in [0.05, 0.1) is 22.8 Å². The van der Waals surface area contributed by atoms with Crippen LogP contribution >= 0.6 is 0 Å². The van der Waals surface area contributed by atoms with Gasteiger partial charge in [-0.1, -0.05) is 26.0 Å². The van der Waals surface area contributed by atoms with Crippen molar-refractivity contribution in [2.24, 2.45) is 0 Å². The molecule has 0 aliphatic rings. The second-order valence-electron chi connectivity index (χ2n) is 5.42. The summed E-state index contributed by atoms with van der Waals surface area (Å²) in [5, 5.41) is 9.72. The normalized spacial score (nSPS) is 10.7. The summed E-state index contributed by atoms with van der Waals surface area (Å²) in [7, 11) is 3.84. The zero-order chi connectivity index (χ0) is 15.6. The van der Waals surface area contributed by atoms with Crippen LogP contribution in [0.15, 0.2) is 24.3 Å². The monoisotopic (exact) mass is 287 g/mol. The fraction of sp³-hybridized carbons (Fsp3) is 0.333. The van der Waals surface area contributed by atoms with Gasteiger partial charge in [0.1, 0.15) is 0 Å². The molecule has 1 heterocycles. The zero-order valence-electron chi connectivity index (χ0n) is 12.8. The first-order valence-corrected chi connectivity index (χ1v) is 6.83. The van der Waals surface area contributed by atoms with Gasteiger partial charge in [0, 0.05) is 14.1 Å². The summed E-state index contributed by atoms with van der Waals surface area (Å²) in [6.07, 6.45) is 0. The Labute approximate surface area is 124 Å². The molecule has 0 aliphatic heterocycles. The minimum Gasteiger partial charge on any atom is -0.395 e. The zero-order valence-corrected chi connectivity index (χ0v) is 12.8. The maximum Gasteiger partial charge on any atom is 0.278 e. The van der Waals surface area contributed by atoms with Gasteiger partial charge in [-0.3, -0.25) is 9.89 Å². The summed E-state index contributed by atoms with van der Waals surface area (Å²) >= 11 is 0. The van der Waals surface area contributed by atoms with E-state index < -0.39 is 0 Å². The predicted octanol–water partition coefficient (Wildman–Crippen LogP) is 2.43. The van der Waals surface area contributed by atoms with E-state index in [2.05, 4.69) is 15.5 Å². The summed E-state index contributed by atoms with van der Waals surface area (Å²) in [5.41, 5.74) is 9.05. The number of hydrogen-bond acceptors (Lipinski definition) is 4. The molecule has 2 rings (SSSR count). The molecule has 21 heavy (non-hydrogen) atoms. The molecule has 0 unspecified atom stereocenters. The number of nitrogens with two attached hydrogens (primary N) is 1. The number of carbonyl (C=O) groups excluding carboxylic acids is 1. The Morgan fingerprint density at radius 2 is 2.00 bits per heavy atom. The quantitative estimate of drug-likeness (QED) is 0.806. The maximum atomic E-state index is 12.4. The molecular formula is C15H21N5O. The Morgan fingerprint density at radius 3 is 2.57 bits per heavy atom. The van der Waals surface area contributed by atoms with Crippen LogP contribution in [0.1, 0.15) is 35.9 Å². The van der Waals surface area contributed by atoms with Crippen LogP contribution in [0.5, 0.6) is 0 Å². The Morgan fingerprint density at radius 1 is 1.33 bits per heavy atom. The number of nitrogens with one attached hydrogen (secondary N) is 2. The number of nitrogen functional groups attached to an aromatic ring is 1. The molecule has 1 amide bonds. The molecule has 0 spiro atoms. The Balaban J connectivity index is 2.27. The highest BCUT2D eigenvalue weighted by atomic mass is 16.2. The lowest BCUT2D eigenvalue weighted by atomic mass is 10.1. The van der Waals surface area contributed by atoms with Crippen molar-refractivity contribution < 1.29 is 4.79 Å². The molecule has 0 saturated carbocycles. The minimum absolute atomic E-state index is 0.188. The number of benzene rings is 1. The van der Waals surface area contributed by atoms with Gasteiger partial charge in [-0.2, -0.15) is 5.10 Å². The number of aromatic nitrogens is 2. The Hall–Kier alpha value is -2.50. The third kappa shape index (κ3) is 2.99. The van der Waals surface area contributed by atoms with Crippen molar-refractivity contribution in [1.82, 2.24) is 10.2 Å². The van der Waals surface area contributed by atoms with E-state index in [1.54, 1.807) is 0 Å². The van der Waals surface area contributed by atoms with Crippen molar-refractivity contribution >= 4 is 23.0 Å². The third-order valence-electron chi connectivity index (χ3n) is 3.26. The van der Waals surface area contributed by atoms with E-state index >= 15 is 0 Å². The number of amides is 1. The molecule has 6 heteroatoms. The Kier molecular flexibility index (Phi) is 4.16. The van der Waals surface area contributed by atoms with Crippen LogP contribution < -0.4 is 16.0 Å². The van der Waals surface area contributed by atoms with Crippen LogP contribution in [0.3, 0.4) is 0 Å². The summed E-state index contributed by atoms with van der Waals surface area (Å²) in [4.78, 5) is 14.3. The molecule has 1 aromatic heterocycles. The van der Waals surface area contributed by atoms with Crippen LogP contribution in [-0.2, 0) is 0 Å². The first-order chi connectivity index (χ1) is 9.91. The predicted molar refractivity (Wildman–Crippen MR) is 85.8 cm³/mol. The van der Waals surface area contributed by atoms with Crippen molar-refractivity contribution in [2.45, 2.75) is 19.8 Å². The third-order valence-corrected chi connectivity index (χ3v) is 3.26. The molecule has 0 bridgehead atoms. The molecule has 2 aromatic rings. The molecule has 0 saturated heterocycles. The van der Waals surface area contributed by atoms with Crippen LogP contribution in [-0.4, -0.2) is 30.2 Å². The highest BCUT2D eigenvalue weighted by molar-refractivity contribution is 6.08. The number of hydrogen-bond donors (Lipinski definition) is 3. The van der Waals surface area contributed by atoms with Crippen LogP contribution in [0.2, 0.25) is 0 Å². The van der Waals surface area contributed by atoms with Crippen molar-refractivity contribution in [2.75, 3.05) is 30.0 Å². The van der Waals surface area contributed by atoms with Gasteiger partial charge in [0.15, 0.2) is 5.69 Å². The minimum atomic E-state index is -0.315.